The fourth-order valence-corrected chi connectivity index (χ4v) is 5.21. The Morgan fingerprint density at radius 2 is 1.57 bits per heavy atom. The van der Waals surface area contributed by atoms with E-state index in [1.165, 1.54) is 12.0 Å². The highest BCUT2D eigenvalue weighted by Gasteiger charge is 2.30. The smallest absolute Gasteiger partial charge is 0.480 e. The minimum atomic E-state index is -1.16. The van der Waals surface area contributed by atoms with E-state index in [2.05, 4.69) is 25.1 Å². The summed E-state index contributed by atoms with van der Waals surface area (Å²) in [5, 5.41) is 35.0. The van der Waals surface area contributed by atoms with Gasteiger partial charge in [-0.15, -0.1) is 0 Å². The Bertz CT molecular complexity index is 1050. The Labute approximate surface area is 261 Å². The first-order valence-electron chi connectivity index (χ1n) is 14.3. The van der Waals surface area contributed by atoms with Gasteiger partial charge in [0.2, 0.25) is 0 Å². The molecule has 0 spiro atoms. The highest BCUT2D eigenvalue weighted by Crippen LogP contribution is 2.24. The molecule has 0 unspecified atom stereocenters. The lowest BCUT2D eigenvalue weighted by atomic mass is 9.93. The standard InChI is InChI=1S/C28H42N4O11S/c1-40-43-28(39)42-14-13-41-12-11-29-27(44)30-21-9-7-20(8-10-21)15-23(32(18-25(35)36)19-26(37)38)16-31(17-24(33)34)22-5-3-2-4-6-22/h7-10,22-23H,2-6,11-19H2,1H3,(H,33,34)(H,35,36)(H,37,38)(H2,29,30,44)/t23-/m0/s1. The van der Waals surface area contributed by atoms with Gasteiger partial charge in [0, 0.05) is 30.9 Å². The second-order valence-electron chi connectivity index (χ2n) is 10.2. The summed E-state index contributed by atoms with van der Waals surface area (Å²) in [4.78, 5) is 57.5. The third kappa shape index (κ3) is 15.2. The molecule has 1 aromatic rings. The molecule has 1 aliphatic carbocycles. The summed E-state index contributed by atoms with van der Waals surface area (Å²) in [5.41, 5.74) is 1.51. The summed E-state index contributed by atoms with van der Waals surface area (Å²) in [6.07, 6.45) is 4.10. The van der Waals surface area contributed by atoms with Gasteiger partial charge in [-0.25, -0.2) is 4.79 Å². The maximum atomic E-state index is 11.7. The number of hydrogen-bond donors (Lipinski definition) is 5. The minimum absolute atomic E-state index is 0.000637. The molecule has 0 radical (unpaired) electrons. The predicted octanol–water partition coefficient (Wildman–Crippen LogP) is 1.81. The van der Waals surface area contributed by atoms with Gasteiger partial charge in [-0.3, -0.25) is 29.1 Å². The molecule has 0 aromatic heterocycles. The summed E-state index contributed by atoms with van der Waals surface area (Å²) < 4.78 is 10.0. The summed E-state index contributed by atoms with van der Waals surface area (Å²) in [7, 11) is 1.19. The van der Waals surface area contributed by atoms with Crippen LogP contribution in [-0.4, -0.2) is 126 Å². The maximum Gasteiger partial charge on any atom is 0.540 e. The van der Waals surface area contributed by atoms with Crippen molar-refractivity contribution in [3.63, 3.8) is 0 Å². The zero-order valence-corrected chi connectivity index (χ0v) is 25.6. The Hall–Kier alpha value is -3.57. The van der Waals surface area contributed by atoms with Gasteiger partial charge < -0.3 is 35.4 Å². The molecule has 44 heavy (non-hydrogen) atoms. The molecule has 15 nitrogen and oxygen atoms in total. The second kappa shape index (κ2) is 20.4. The molecule has 5 N–H and O–H groups in total. The SMILES string of the molecule is COOC(=O)OCCOCCNC(=S)Nc1ccc(C[C@@H](CN(CC(=O)O)C2CCCCC2)N(CC(=O)O)CC(=O)O)cc1. The van der Waals surface area contributed by atoms with Gasteiger partial charge in [0.25, 0.3) is 0 Å². The zero-order valence-electron chi connectivity index (χ0n) is 24.8. The van der Waals surface area contributed by atoms with Crippen LogP contribution in [0.5, 0.6) is 0 Å². The molecule has 1 fully saturated rings. The molecule has 0 saturated heterocycles. The van der Waals surface area contributed by atoms with Crippen molar-refractivity contribution in [2.24, 2.45) is 0 Å². The van der Waals surface area contributed by atoms with Gasteiger partial charge in [-0.05, 0) is 49.2 Å². The molecule has 1 saturated carbocycles. The number of anilines is 1. The quantitative estimate of drug-likeness (QED) is 0.0453. The van der Waals surface area contributed by atoms with Gasteiger partial charge in [0.15, 0.2) is 5.11 Å². The van der Waals surface area contributed by atoms with E-state index in [4.69, 9.17) is 17.0 Å². The van der Waals surface area contributed by atoms with E-state index in [1.54, 1.807) is 12.1 Å². The summed E-state index contributed by atoms with van der Waals surface area (Å²) in [5.74, 6) is -3.31. The van der Waals surface area contributed by atoms with Crippen molar-refractivity contribution < 1.29 is 53.7 Å². The molecule has 1 atom stereocenters. The minimum Gasteiger partial charge on any atom is -0.480 e. The second-order valence-corrected chi connectivity index (χ2v) is 10.6. The summed E-state index contributed by atoms with van der Waals surface area (Å²) in [6.45, 7) is -0.104. The van der Waals surface area contributed by atoms with E-state index in [-0.39, 0.29) is 32.3 Å². The molecule has 246 valence electrons. The number of ether oxygens (including phenoxy) is 2. The fraction of sp³-hybridized carbons (Fsp3) is 0.607. The Balaban J connectivity index is 1.99. The number of rotatable bonds is 20. The van der Waals surface area contributed by atoms with Crippen molar-refractivity contribution >= 4 is 47.1 Å². The van der Waals surface area contributed by atoms with Gasteiger partial charge in [0.1, 0.15) is 6.61 Å². The van der Waals surface area contributed by atoms with E-state index in [1.807, 2.05) is 17.0 Å². The van der Waals surface area contributed by atoms with Crippen molar-refractivity contribution in [1.29, 1.82) is 0 Å². The van der Waals surface area contributed by atoms with Crippen LogP contribution in [0.25, 0.3) is 0 Å². The van der Waals surface area contributed by atoms with Crippen LogP contribution in [0.4, 0.5) is 10.5 Å². The number of carbonyl (C=O) groups excluding carboxylic acids is 1. The third-order valence-corrected chi connectivity index (χ3v) is 7.13. The van der Waals surface area contributed by atoms with Gasteiger partial charge in [-0.2, -0.15) is 4.89 Å². The molecular weight excluding hydrogens is 600 g/mol. The molecule has 0 aliphatic heterocycles. The van der Waals surface area contributed by atoms with E-state index in [0.29, 0.717) is 30.4 Å². The normalized spacial score (nSPS) is 14.2. The molecular formula is C28H42N4O11S. The molecule has 1 aliphatic rings. The van der Waals surface area contributed by atoms with Crippen molar-refractivity contribution in [2.75, 3.05) is 65.0 Å². The summed E-state index contributed by atoms with van der Waals surface area (Å²) >= 11 is 5.31. The van der Waals surface area contributed by atoms with Crippen LogP contribution in [0.2, 0.25) is 0 Å². The summed E-state index contributed by atoms with van der Waals surface area (Å²) in [6, 6.07) is 6.73. The predicted molar refractivity (Wildman–Crippen MR) is 161 cm³/mol. The monoisotopic (exact) mass is 642 g/mol. The number of nitrogens with one attached hydrogen (secondary N) is 2. The van der Waals surface area contributed by atoms with Crippen molar-refractivity contribution in [3.8, 4) is 0 Å². The van der Waals surface area contributed by atoms with E-state index >= 15 is 0 Å². The number of nitrogens with zero attached hydrogens (tertiary/aromatic N) is 2. The average molecular weight is 643 g/mol. The van der Waals surface area contributed by atoms with Crippen LogP contribution in [0.3, 0.4) is 0 Å². The van der Waals surface area contributed by atoms with Crippen molar-refractivity contribution in [2.45, 2.75) is 50.6 Å². The largest absolute Gasteiger partial charge is 0.540 e. The first-order chi connectivity index (χ1) is 21.1. The number of aliphatic carboxylic acids is 3. The number of hydrogen-bond acceptors (Lipinski definition) is 11. The van der Waals surface area contributed by atoms with Crippen LogP contribution in [-0.2, 0) is 40.1 Å². The lowest BCUT2D eigenvalue weighted by Gasteiger charge is -2.38. The maximum absolute atomic E-state index is 11.7. The van der Waals surface area contributed by atoms with Crippen molar-refractivity contribution in [1.82, 2.24) is 15.1 Å². The number of thiocarbonyl (C=S) groups is 1. The van der Waals surface area contributed by atoms with Gasteiger partial charge in [-0.1, -0.05) is 31.4 Å². The van der Waals surface area contributed by atoms with Crippen molar-refractivity contribution in [3.05, 3.63) is 29.8 Å². The van der Waals surface area contributed by atoms with E-state index in [0.717, 1.165) is 37.7 Å². The van der Waals surface area contributed by atoms with E-state index < -0.39 is 43.2 Å². The van der Waals surface area contributed by atoms with Crippen LogP contribution in [0, 0.1) is 0 Å². The molecule has 0 heterocycles. The molecule has 0 bridgehead atoms. The Morgan fingerprint density at radius 3 is 2.16 bits per heavy atom. The first kappa shape index (κ1) is 36.6. The number of carbonyl (C=O) groups is 4. The van der Waals surface area contributed by atoms with Crippen LogP contribution < -0.4 is 10.6 Å². The third-order valence-electron chi connectivity index (χ3n) is 6.88. The van der Waals surface area contributed by atoms with Crippen LogP contribution >= 0.6 is 12.2 Å². The molecule has 16 heteroatoms. The highest BCUT2D eigenvalue weighted by atomic mass is 32.1. The first-order valence-corrected chi connectivity index (χ1v) is 14.7. The Kier molecular flexibility index (Phi) is 17.0. The number of carboxylic acid groups (broad SMARTS) is 3. The average Bonchev–Trinajstić information content (AvgIpc) is 2.96. The highest BCUT2D eigenvalue weighted by molar-refractivity contribution is 7.80. The van der Waals surface area contributed by atoms with Crippen LogP contribution in [0.15, 0.2) is 24.3 Å². The topological polar surface area (TPSA) is 196 Å². The lowest BCUT2D eigenvalue weighted by Crippen LogP contribution is -2.52. The molecule has 0 amide bonds. The van der Waals surface area contributed by atoms with Gasteiger partial charge in [0.05, 0.1) is 40.0 Å². The molecule has 1 aromatic carbocycles. The lowest BCUT2D eigenvalue weighted by molar-refractivity contribution is -0.232. The fourth-order valence-electron chi connectivity index (χ4n) is 4.99. The zero-order chi connectivity index (χ0) is 32.3. The number of benzene rings is 1. The molecule has 2 rings (SSSR count). The van der Waals surface area contributed by atoms with E-state index in [9.17, 15) is 34.5 Å². The van der Waals surface area contributed by atoms with Crippen LogP contribution in [0.1, 0.15) is 37.7 Å². The Morgan fingerprint density at radius 1 is 0.932 bits per heavy atom. The van der Waals surface area contributed by atoms with Gasteiger partial charge >= 0.3 is 24.1 Å². The number of carboxylic acids is 3.